The Labute approximate surface area is 119 Å². The second kappa shape index (κ2) is 6.42. The lowest BCUT2D eigenvalue weighted by Crippen LogP contribution is -2.27. The maximum Gasteiger partial charge on any atom is 0.325 e. The zero-order valence-electron chi connectivity index (χ0n) is 10.6. The summed E-state index contributed by atoms with van der Waals surface area (Å²) >= 11 is 1.26. The molecule has 1 aromatic rings. The molecule has 2 amide bonds. The molecule has 1 aromatic heterocycles. The molecule has 1 aliphatic rings. The quantitative estimate of drug-likeness (QED) is 0.791. The fourth-order valence-electron chi connectivity index (χ4n) is 1.74. The summed E-state index contributed by atoms with van der Waals surface area (Å²) in [7, 11) is 0. The number of nitrogens with one attached hydrogen (secondary N) is 1. The van der Waals surface area contributed by atoms with Gasteiger partial charge < -0.3 is 15.3 Å². The van der Waals surface area contributed by atoms with Crippen molar-refractivity contribution in [2.45, 2.75) is 13.0 Å². The van der Waals surface area contributed by atoms with Crippen LogP contribution in [-0.4, -0.2) is 55.7 Å². The molecule has 0 spiro atoms. The van der Waals surface area contributed by atoms with Gasteiger partial charge in [-0.25, -0.2) is 0 Å². The number of thioether (sulfide) groups is 1. The lowest BCUT2D eigenvalue weighted by atomic mass is 10.3. The Kier molecular flexibility index (Phi) is 4.61. The fourth-order valence-corrected chi connectivity index (χ4v) is 2.59. The van der Waals surface area contributed by atoms with Crippen molar-refractivity contribution in [2.24, 2.45) is 0 Å². The summed E-state index contributed by atoms with van der Waals surface area (Å²) in [5.41, 5.74) is 0.443. The molecular weight excluding hydrogens is 284 g/mol. The van der Waals surface area contributed by atoms with E-state index in [1.807, 2.05) is 0 Å². The molecule has 0 aromatic carbocycles. The second-order valence-corrected chi connectivity index (χ2v) is 5.27. The number of carboxylic acid groups (broad SMARTS) is 1. The molecular formula is C11H14N4O4S. The van der Waals surface area contributed by atoms with Crippen molar-refractivity contribution < 1.29 is 19.5 Å². The van der Waals surface area contributed by atoms with Crippen molar-refractivity contribution in [3.63, 3.8) is 0 Å². The number of carbonyl (C=O) groups excluding carboxylic acids is 2. The fraction of sp³-hybridized carbons (Fsp3) is 0.455. The minimum Gasteiger partial charge on any atom is -0.480 e. The highest BCUT2D eigenvalue weighted by atomic mass is 32.2. The van der Waals surface area contributed by atoms with Crippen molar-refractivity contribution in [2.75, 3.05) is 24.2 Å². The van der Waals surface area contributed by atoms with E-state index in [0.29, 0.717) is 18.8 Å². The van der Waals surface area contributed by atoms with Gasteiger partial charge in [-0.3, -0.25) is 19.1 Å². The van der Waals surface area contributed by atoms with Crippen LogP contribution in [0.1, 0.15) is 6.42 Å². The van der Waals surface area contributed by atoms with E-state index in [1.54, 1.807) is 4.90 Å². The first-order chi connectivity index (χ1) is 9.54. The third-order valence-electron chi connectivity index (χ3n) is 2.67. The van der Waals surface area contributed by atoms with E-state index in [9.17, 15) is 14.4 Å². The van der Waals surface area contributed by atoms with Crippen LogP contribution in [-0.2, 0) is 16.1 Å². The van der Waals surface area contributed by atoms with E-state index < -0.39 is 5.97 Å². The SMILES string of the molecule is O=C(O)Cn1cc(NC(=O)CCN2CCSC2=O)cn1. The van der Waals surface area contributed by atoms with Crippen LogP contribution in [0.4, 0.5) is 10.5 Å². The maximum absolute atomic E-state index is 11.7. The second-order valence-electron chi connectivity index (χ2n) is 4.22. The van der Waals surface area contributed by atoms with Crippen LogP contribution in [0, 0.1) is 0 Å². The van der Waals surface area contributed by atoms with Gasteiger partial charge >= 0.3 is 5.97 Å². The molecule has 20 heavy (non-hydrogen) atoms. The van der Waals surface area contributed by atoms with Crippen LogP contribution >= 0.6 is 11.8 Å². The molecule has 2 rings (SSSR count). The van der Waals surface area contributed by atoms with Crippen LogP contribution in [0.15, 0.2) is 12.4 Å². The highest BCUT2D eigenvalue weighted by molar-refractivity contribution is 8.13. The van der Waals surface area contributed by atoms with Crippen molar-refractivity contribution >= 4 is 34.6 Å². The molecule has 8 nitrogen and oxygen atoms in total. The summed E-state index contributed by atoms with van der Waals surface area (Å²) < 4.78 is 1.22. The Hall–Kier alpha value is -2.03. The van der Waals surface area contributed by atoms with Gasteiger partial charge in [-0.05, 0) is 0 Å². The number of aliphatic carboxylic acids is 1. The van der Waals surface area contributed by atoms with E-state index in [-0.39, 0.29) is 24.1 Å². The topological polar surface area (TPSA) is 105 Å². The summed E-state index contributed by atoms with van der Waals surface area (Å²) in [6.07, 6.45) is 3.04. The van der Waals surface area contributed by atoms with E-state index in [4.69, 9.17) is 5.11 Å². The van der Waals surface area contributed by atoms with Gasteiger partial charge in [0.05, 0.1) is 11.9 Å². The third kappa shape index (κ3) is 3.98. The van der Waals surface area contributed by atoms with Gasteiger partial charge in [0.1, 0.15) is 6.54 Å². The summed E-state index contributed by atoms with van der Waals surface area (Å²) in [4.78, 5) is 35.2. The Balaban J connectivity index is 1.77. The minimum atomic E-state index is -1.00. The number of hydrogen-bond acceptors (Lipinski definition) is 5. The summed E-state index contributed by atoms with van der Waals surface area (Å²) in [6, 6.07) is 0. The molecule has 0 unspecified atom stereocenters. The molecule has 2 heterocycles. The van der Waals surface area contributed by atoms with Crippen molar-refractivity contribution in [1.29, 1.82) is 0 Å². The monoisotopic (exact) mass is 298 g/mol. The molecule has 0 radical (unpaired) electrons. The molecule has 9 heteroatoms. The lowest BCUT2D eigenvalue weighted by Gasteiger charge is -2.13. The molecule has 0 saturated carbocycles. The Bertz CT molecular complexity index is 530. The van der Waals surface area contributed by atoms with Crippen molar-refractivity contribution in [3.8, 4) is 0 Å². The molecule has 108 valence electrons. The highest BCUT2D eigenvalue weighted by Crippen LogP contribution is 2.17. The number of hydrogen-bond donors (Lipinski definition) is 2. The molecule has 0 bridgehead atoms. The first kappa shape index (κ1) is 14.4. The molecule has 0 atom stereocenters. The van der Waals surface area contributed by atoms with Crippen LogP contribution in [0.3, 0.4) is 0 Å². The number of rotatable bonds is 6. The zero-order chi connectivity index (χ0) is 14.5. The van der Waals surface area contributed by atoms with E-state index in [1.165, 1.54) is 28.8 Å². The molecule has 2 N–H and O–H groups in total. The van der Waals surface area contributed by atoms with Gasteiger partial charge in [-0.2, -0.15) is 5.10 Å². The van der Waals surface area contributed by atoms with Gasteiger partial charge in [0.25, 0.3) is 5.24 Å². The van der Waals surface area contributed by atoms with Gasteiger partial charge in [0.15, 0.2) is 0 Å². The average Bonchev–Trinajstić information content (AvgIpc) is 2.96. The lowest BCUT2D eigenvalue weighted by molar-refractivity contribution is -0.137. The number of aromatic nitrogens is 2. The van der Waals surface area contributed by atoms with E-state index >= 15 is 0 Å². The Morgan fingerprint density at radius 1 is 1.50 bits per heavy atom. The van der Waals surface area contributed by atoms with Gasteiger partial charge in [-0.1, -0.05) is 11.8 Å². The van der Waals surface area contributed by atoms with Gasteiger partial charge in [-0.15, -0.1) is 0 Å². The molecule has 0 aliphatic carbocycles. The third-order valence-corrected chi connectivity index (χ3v) is 3.56. The van der Waals surface area contributed by atoms with Gasteiger partial charge in [0, 0.05) is 31.5 Å². The smallest absolute Gasteiger partial charge is 0.325 e. The number of carbonyl (C=O) groups is 3. The van der Waals surface area contributed by atoms with E-state index in [2.05, 4.69) is 10.4 Å². The largest absolute Gasteiger partial charge is 0.480 e. The Morgan fingerprint density at radius 2 is 2.30 bits per heavy atom. The van der Waals surface area contributed by atoms with Gasteiger partial charge in [0.2, 0.25) is 5.91 Å². The molecule has 1 fully saturated rings. The molecule has 1 aliphatic heterocycles. The molecule has 1 saturated heterocycles. The summed E-state index contributed by atoms with van der Waals surface area (Å²) in [5.74, 6) is -0.469. The van der Waals surface area contributed by atoms with Crippen LogP contribution in [0.25, 0.3) is 0 Å². The number of amides is 2. The first-order valence-corrected chi connectivity index (χ1v) is 6.99. The normalized spacial score (nSPS) is 14.6. The summed E-state index contributed by atoms with van der Waals surface area (Å²) in [6.45, 7) is 0.809. The standard InChI is InChI=1S/C11H14N4O4S/c16-9(1-2-14-3-4-20-11(14)19)13-8-5-12-15(6-8)7-10(17)18/h5-6H,1-4,7H2,(H,13,16)(H,17,18). The number of carboxylic acids is 1. The minimum absolute atomic E-state index is 0.00655. The van der Waals surface area contributed by atoms with Crippen LogP contribution in [0.2, 0.25) is 0 Å². The van der Waals surface area contributed by atoms with Crippen molar-refractivity contribution in [1.82, 2.24) is 14.7 Å². The predicted molar refractivity (Wildman–Crippen MR) is 72.5 cm³/mol. The zero-order valence-corrected chi connectivity index (χ0v) is 11.4. The van der Waals surface area contributed by atoms with E-state index in [0.717, 1.165) is 5.75 Å². The number of anilines is 1. The maximum atomic E-state index is 11.7. The highest BCUT2D eigenvalue weighted by Gasteiger charge is 2.21. The van der Waals surface area contributed by atoms with Crippen LogP contribution in [0.5, 0.6) is 0 Å². The predicted octanol–water partition coefficient (Wildman–Crippen LogP) is 0.465. The average molecular weight is 298 g/mol. The first-order valence-electron chi connectivity index (χ1n) is 6.00. The summed E-state index contributed by atoms with van der Waals surface area (Å²) in [5, 5.41) is 15.0. The number of nitrogens with zero attached hydrogens (tertiary/aromatic N) is 3. The van der Waals surface area contributed by atoms with Crippen LogP contribution < -0.4 is 5.32 Å². The Morgan fingerprint density at radius 3 is 2.95 bits per heavy atom. The van der Waals surface area contributed by atoms with Crippen molar-refractivity contribution in [3.05, 3.63) is 12.4 Å².